The highest BCUT2D eigenvalue weighted by molar-refractivity contribution is 7.16. The molecule has 1 heterocycles. The zero-order chi connectivity index (χ0) is 16.8. The summed E-state index contributed by atoms with van der Waals surface area (Å²) in [5, 5.41) is 17.5. The number of hydrogen-bond donors (Lipinski definition) is 2. The molecule has 0 aliphatic carbocycles. The predicted octanol–water partition coefficient (Wildman–Crippen LogP) is 2.92. The number of amides is 1. The van der Waals surface area contributed by atoms with Crippen LogP contribution in [0.2, 0.25) is 0 Å². The minimum atomic E-state index is -0.466. The minimum Gasteiger partial charge on any atom is -0.374 e. The number of nitrogens with zero attached hydrogens (tertiary/aromatic N) is 2. The van der Waals surface area contributed by atoms with E-state index < -0.39 is 11.0 Å². The molecule has 7 nitrogen and oxygen atoms in total. The van der Waals surface area contributed by atoms with Crippen molar-refractivity contribution in [2.45, 2.75) is 19.9 Å². The van der Waals surface area contributed by atoms with Crippen LogP contribution in [0, 0.1) is 17.0 Å². The number of nitro groups is 1. The standard InChI is InChI=1S/C15H16N4O3S/c1-10-4-3-5-12(8-10)17-11(2)15(20)18-16-9-13-6-7-14(23-13)19(21)22/h3-9,11,17H,1-2H3,(H,18,20). The number of benzene rings is 1. The lowest BCUT2D eigenvalue weighted by atomic mass is 10.2. The molecule has 2 N–H and O–H groups in total. The quantitative estimate of drug-likeness (QED) is 0.483. The number of hydrazone groups is 1. The molecule has 0 spiro atoms. The first-order valence-electron chi connectivity index (χ1n) is 6.86. The van der Waals surface area contributed by atoms with Gasteiger partial charge in [0.25, 0.3) is 5.91 Å². The lowest BCUT2D eigenvalue weighted by molar-refractivity contribution is -0.380. The van der Waals surface area contributed by atoms with Gasteiger partial charge < -0.3 is 5.32 Å². The largest absolute Gasteiger partial charge is 0.374 e. The summed E-state index contributed by atoms with van der Waals surface area (Å²) < 4.78 is 0. The maximum absolute atomic E-state index is 11.9. The summed E-state index contributed by atoms with van der Waals surface area (Å²) in [6.45, 7) is 3.70. The summed E-state index contributed by atoms with van der Waals surface area (Å²) >= 11 is 0.990. The average Bonchev–Trinajstić information content (AvgIpc) is 2.96. The van der Waals surface area contributed by atoms with Crippen molar-refractivity contribution in [2.75, 3.05) is 5.32 Å². The first-order chi connectivity index (χ1) is 11.0. The van der Waals surface area contributed by atoms with Gasteiger partial charge in [-0.3, -0.25) is 14.9 Å². The van der Waals surface area contributed by atoms with E-state index in [2.05, 4.69) is 15.8 Å². The SMILES string of the molecule is Cc1cccc(NC(C)C(=O)NN=Cc2ccc([N+](=O)[O-])s2)c1. The molecule has 0 bridgehead atoms. The van der Waals surface area contributed by atoms with Gasteiger partial charge in [-0.25, -0.2) is 5.43 Å². The summed E-state index contributed by atoms with van der Waals surface area (Å²) in [7, 11) is 0. The van der Waals surface area contributed by atoms with Crippen molar-refractivity contribution in [3.05, 3.63) is 57.0 Å². The lowest BCUT2D eigenvalue weighted by Crippen LogP contribution is -2.34. The van der Waals surface area contributed by atoms with E-state index in [1.807, 2.05) is 31.2 Å². The number of nitrogens with one attached hydrogen (secondary N) is 2. The Hall–Kier alpha value is -2.74. The van der Waals surface area contributed by atoms with Crippen molar-refractivity contribution in [3.63, 3.8) is 0 Å². The van der Waals surface area contributed by atoms with Gasteiger partial charge in [0.05, 0.1) is 16.0 Å². The zero-order valence-corrected chi connectivity index (χ0v) is 13.5. The molecule has 23 heavy (non-hydrogen) atoms. The molecular weight excluding hydrogens is 316 g/mol. The first kappa shape index (κ1) is 16.6. The summed E-state index contributed by atoms with van der Waals surface area (Å²) in [6.07, 6.45) is 1.38. The van der Waals surface area contributed by atoms with Crippen molar-refractivity contribution in [3.8, 4) is 0 Å². The molecule has 0 radical (unpaired) electrons. The molecule has 0 aliphatic heterocycles. The van der Waals surface area contributed by atoms with Gasteiger partial charge in [0.15, 0.2) is 0 Å². The Morgan fingerprint density at radius 2 is 2.17 bits per heavy atom. The Labute approximate surface area is 137 Å². The fraction of sp³-hybridized carbons (Fsp3) is 0.200. The Bertz CT molecular complexity index is 742. The Morgan fingerprint density at radius 3 is 2.83 bits per heavy atom. The fourth-order valence-corrected chi connectivity index (χ4v) is 2.51. The van der Waals surface area contributed by atoms with Crippen LogP contribution in [0.1, 0.15) is 17.4 Å². The third-order valence-corrected chi connectivity index (χ3v) is 3.93. The van der Waals surface area contributed by atoms with E-state index in [4.69, 9.17) is 0 Å². The van der Waals surface area contributed by atoms with Crippen LogP contribution >= 0.6 is 11.3 Å². The van der Waals surface area contributed by atoms with Crippen molar-refractivity contribution in [1.82, 2.24) is 5.43 Å². The highest BCUT2D eigenvalue weighted by Crippen LogP contribution is 2.22. The third-order valence-electron chi connectivity index (χ3n) is 2.95. The van der Waals surface area contributed by atoms with E-state index in [0.29, 0.717) is 4.88 Å². The minimum absolute atomic E-state index is 0.0345. The Kier molecular flexibility index (Phi) is 5.42. The van der Waals surface area contributed by atoms with Gasteiger partial charge >= 0.3 is 5.00 Å². The van der Waals surface area contributed by atoms with Crippen LogP contribution in [0.5, 0.6) is 0 Å². The predicted molar refractivity (Wildman–Crippen MR) is 91.0 cm³/mol. The number of hydrogen-bond acceptors (Lipinski definition) is 6. The van der Waals surface area contributed by atoms with Crippen molar-refractivity contribution in [2.24, 2.45) is 5.10 Å². The molecule has 2 rings (SSSR count). The molecule has 1 aromatic carbocycles. The second-order valence-corrected chi connectivity index (χ2v) is 6.00. The highest BCUT2D eigenvalue weighted by atomic mass is 32.1. The molecule has 120 valence electrons. The van der Waals surface area contributed by atoms with Gasteiger partial charge in [0.1, 0.15) is 6.04 Å². The maximum Gasteiger partial charge on any atom is 0.324 e. The van der Waals surface area contributed by atoms with Crippen LogP contribution < -0.4 is 10.7 Å². The number of rotatable bonds is 6. The summed E-state index contributed by atoms with van der Waals surface area (Å²) in [4.78, 5) is 22.7. The summed E-state index contributed by atoms with van der Waals surface area (Å²) in [6, 6.07) is 10.2. The van der Waals surface area contributed by atoms with Crippen molar-refractivity contribution < 1.29 is 9.72 Å². The van der Waals surface area contributed by atoms with Crippen molar-refractivity contribution >= 4 is 34.1 Å². The Balaban J connectivity index is 1.88. The third kappa shape index (κ3) is 4.89. The molecule has 1 aromatic heterocycles. The first-order valence-corrected chi connectivity index (χ1v) is 7.67. The van der Waals surface area contributed by atoms with Crippen LogP contribution in [0.4, 0.5) is 10.7 Å². The number of carbonyl (C=O) groups excluding carboxylic acids is 1. The van der Waals surface area contributed by atoms with E-state index in [0.717, 1.165) is 22.6 Å². The Morgan fingerprint density at radius 1 is 1.39 bits per heavy atom. The van der Waals surface area contributed by atoms with Crippen LogP contribution in [-0.2, 0) is 4.79 Å². The molecule has 1 amide bonds. The topological polar surface area (TPSA) is 96.6 Å². The van der Waals surface area contributed by atoms with Crippen LogP contribution in [0.25, 0.3) is 0 Å². The molecule has 1 atom stereocenters. The molecule has 1 unspecified atom stereocenters. The molecule has 0 saturated carbocycles. The van der Waals surface area contributed by atoms with Crippen LogP contribution in [-0.4, -0.2) is 23.1 Å². The molecule has 8 heteroatoms. The van der Waals surface area contributed by atoms with E-state index >= 15 is 0 Å². The van der Waals surface area contributed by atoms with Crippen molar-refractivity contribution in [1.29, 1.82) is 0 Å². The molecule has 2 aromatic rings. The van der Waals surface area contributed by atoms with Gasteiger partial charge in [0.2, 0.25) is 0 Å². The van der Waals surface area contributed by atoms with E-state index in [1.54, 1.807) is 13.0 Å². The fourth-order valence-electron chi connectivity index (χ4n) is 1.82. The van der Waals surface area contributed by atoms with E-state index in [1.165, 1.54) is 12.3 Å². The van der Waals surface area contributed by atoms with Gasteiger partial charge in [-0.15, -0.1) is 0 Å². The number of thiophene rings is 1. The zero-order valence-electron chi connectivity index (χ0n) is 12.6. The normalized spacial score (nSPS) is 12.1. The number of carbonyl (C=O) groups is 1. The molecular formula is C15H16N4O3S. The summed E-state index contributed by atoms with van der Waals surface area (Å²) in [5.74, 6) is -0.297. The van der Waals surface area contributed by atoms with Crippen LogP contribution in [0.3, 0.4) is 0 Å². The second-order valence-electron chi connectivity index (χ2n) is 4.90. The number of aryl methyl sites for hydroxylation is 1. The maximum atomic E-state index is 11.9. The van der Waals surface area contributed by atoms with Gasteiger partial charge in [-0.1, -0.05) is 23.5 Å². The second kappa shape index (κ2) is 7.50. The van der Waals surface area contributed by atoms with E-state index in [-0.39, 0.29) is 10.9 Å². The summed E-state index contributed by atoms with van der Waals surface area (Å²) in [5.41, 5.74) is 4.36. The monoisotopic (exact) mass is 332 g/mol. The highest BCUT2D eigenvalue weighted by Gasteiger charge is 2.12. The molecule has 0 saturated heterocycles. The van der Waals surface area contributed by atoms with Gasteiger partial charge in [-0.05, 0) is 37.6 Å². The van der Waals surface area contributed by atoms with E-state index in [9.17, 15) is 14.9 Å². The molecule has 0 aliphatic rings. The average molecular weight is 332 g/mol. The number of anilines is 1. The van der Waals surface area contributed by atoms with Gasteiger partial charge in [-0.2, -0.15) is 5.10 Å². The van der Waals surface area contributed by atoms with Crippen LogP contribution in [0.15, 0.2) is 41.5 Å². The smallest absolute Gasteiger partial charge is 0.324 e. The van der Waals surface area contributed by atoms with Gasteiger partial charge in [0, 0.05) is 11.8 Å². The lowest BCUT2D eigenvalue weighted by Gasteiger charge is -2.13. The molecule has 0 fully saturated rings.